The molecule has 0 saturated heterocycles. The summed E-state index contributed by atoms with van der Waals surface area (Å²) in [5.74, 6) is 0.155. The molecule has 4 rings (SSSR count). The first-order valence-electron chi connectivity index (χ1n) is 11.1. The SMILES string of the molecule is COc1ccc(NC(=O)c2cc(Cl)ccc2NS(=O)(=O)c2ccc(Oc3ccccc3Cl)cc2)c([N+](=O)[O-])c1. The Hall–Kier alpha value is -4.32. The van der Waals surface area contributed by atoms with Gasteiger partial charge in [0.1, 0.15) is 22.9 Å². The fourth-order valence-corrected chi connectivity index (χ4v) is 4.85. The van der Waals surface area contributed by atoms with Crippen LogP contribution in [0.3, 0.4) is 0 Å². The number of halogens is 2. The van der Waals surface area contributed by atoms with Gasteiger partial charge in [0, 0.05) is 5.02 Å². The molecule has 0 saturated carbocycles. The van der Waals surface area contributed by atoms with E-state index in [1.807, 2.05) is 0 Å². The fourth-order valence-electron chi connectivity index (χ4n) is 3.42. The Bertz CT molecular complexity index is 1660. The predicted octanol–water partition coefficient (Wildman–Crippen LogP) is 6.76. The molecule has 4 aromatic rings. The molecule has 0 bridgehead atoms. The van der Waals surface area contributed by atoms with Gasteiger partial charge in [-0.05, 0) is 66.7 Å². The molecule has 0 aromatic heterocycles. The number of benzene rings is 4. The minimum Gasteiger partial charge on any atom is -0.496 e. The average Bonchev–Trinajstić information content (AvgIpc) is 2.91. The molecule has 4 aromatic carbocycles. The van der Waals surface area contributed by atoms with Gasteiger partial charge in [-0.25, -0.2) is 8.42 Å². The van der Waals surface area contributed by atoms with Crippen molar-refractivity contribution in [1.82, 2.24) is 0 Å². The first kappa shape index (κ1) is 27.7. The van der Waals surface area contributed by atoms with Gasteiger partial charge in [0.05, 0.1) is 39.3 Å². The Morgan fingerprint density at radius 2 is 1.56 bits per heavy atom. The zero-order chi connectivity index (χ0) is 28.2. The number of hydrogen-bond donors (Lipinski definition) is 2. The lowest BCUT2D eigenvalue weighted by Gasteiger charge is -2.14. The number of rotatable bonds is 9. The van der Waals surface area contributed by atoms with Crippen LogP contribution >= 0.6 is 23.2 Å². The number of ether oxygens (including phenoxy) is 2. The van der Waals surface area contributed by atoms with Gasteiger partial charge in [0.15, 0.2) is 0 Å². The molecule has 0 spiro atoms. The van der Waals surface area contributed by atoms with Crippen molar-refractivity contribution in [3.05, 3.63) is 111 Å². The largest absolute Gasteiger partial charge is 0.496 e. The van der Waals surface area contributed by atoms with E-state index in [9.17, 15) is 23.3 Å². The summed E-state index contributed by atoms with van der Waals surface area (Å²) in [7, 11) is -2.81. The van der Waals surface area contributed by atoms with E-state index in [-0.39, 0.29) is 32.6 Å². The second-order valence-corrected chi connectivity index (χ2v) is 10.4. The smallest absolute Gasteiger partial charge is 0.296 e. The lowest BCUT2D eigenvalue weighted by atomic mass is 10.1. The van der Waals surface area contributed by atoms with E-state index in [0.29, 0.717) is 16.5 Å². The number of nitro groups is 1. The number of anilines is 2. The molecule has 0 fully saturated rings. The monoisotopic (exact) mass is 587 g/mol. The van der Waals surface area contributed by atoms with E-state index in [1.54, 1.807) is 24.3 Å². The molecule has 39 heavy (non-hydrogen) atoms. The molecule has 1 amide bonds. The van der Waals surface area contributed by atoms with E-state index < -0.39 is 26.5 Å². The number of para-hydroxylation sites is 1. The maximum Gasteiger partial charge on any atom is 0.296 e. The molecule has 0 aliphatic rings. The first-order valence-corrected chi connectivity index (χ1v) is 13.3. The van der Waals surface area contributed by atoms with Crippen LogP contribution in [-0.4, -0.2) is 26.4 Å². The molecule has 2 N–H and O–H groups in total. The fraction of sp³-hybridized carbons (Fsp3) is 0.0385. The van der Waals surface area contributed by atoms with Crippen LogP contribution in [0.15, 0.2) is 89.8 Å². The Balaban J connectivity index is 1.58. The second-order valence-electron chi connectivity index (χ2n) is 7.89. The van der Waals surface area contributed by atoms with Crippen molar-refractivity contribution >= 4 is 56.2 Å². The van der Waals surface area contributed by atoms with Crippen LogP contribution in [0.2, 0.25) is 10.0 Å². The number of nitrogens with zero attached hydrogens (tertiary/aromatic N) is 1. The third-order valence-electron chi connectivity index (χ3n) is 5.32. The molecule has 200 valence electrons. The minimum absolute atomic E-state index is 0.0931. The lowest BCUT2D eigenvalue weighted by molar-refractivity contribution is -0.384. The van der Waals surface area contributed by atoms with E-state index in [2.05, 4.69) is 10.0 Å². The summed E-state index contributed by atoms with van der Waals surface area (Å²) in [6, 6.07) is 20.2. The van der Waals surface area contributed by atoms with Crippen LogP contribution in [0.5, 0.6) is 17.2 Å². The third kappa shape index (κ3) is 6.58. The summed E-state index contributed by atoms with van der Waals surface area (Å²) < 4.78 is 39.3. The van der Waals surface area contributed by atoms with Crippen LogP contribution in [0.4, 0.5) is 17.1 Å². The summed E-state index contributed by atoms with van der Waals surface area (Å²) in [5.41, 5.74) is -0.779. The molecule has 0 heterocycles. The highest BCUT2D eigenvalue weighted by molar-refractivity contribution is 7.92. The number of hydrogen-bond acceptors (Lipinski definition) is 7. The maximum absolute atomic E-state index is 13.1. The highest BCUT2D eigenvalue weighted by atomic mass is 35.5. The molecular weight excluding hydrogens is 569 g/mol. The zero-order valence-electron chi connectivity index (χ0n) is 20.1. The number of methoxy groups -OCH3 is 1. The van der Waals surface area contributed by atoms with Crippen LogP contribution in [-0.2, 0) is 10.0 Å². The van der Waals surface area contributed by atoms with E-state index in [0.717, 1.165) is 6.07 Å². The summed E-state index contributed by atoms with van der Waals surface area (Å²) in [4.78, 5) is 23.8. The van der Waals surface area contributed by atoms with Crippen LogP contribution in [0, 0.1) is 10.1 Å². The number of nitrogens with one attached hydrogen (secondary N) is 2. The van der Waals surface area contributed by atoms with Gasteiger partial charge in [0.25, 0.3) is 21.6 Å². The Labute approximate surface area is 233 Å². The molecule has 13 heteroatoms. The third-order valence-corrected chi connectivity index (χ3v) is 7.25. The summed E-state index contributed by atoms with van der Waals surface area (Å²) >= 11 is 12.2. The molecule has 0 atom stereocenters. The van der Waals surface area contributed by atoms with E-state index in [1.165, 1.54) is 61.7 Å². The number of amides is 1. The van der Waals surface area contributed by atoms with Crippen molar-refractivity contribution in [2.45, 2.75) is 4.90 Å². The predicted molar refractivity (Wildman–Crippen MR) is 148 cm³/mol. The van der Waals surface area contributed by atoms with Crippen LogP contribution in [0.25, 0.3) is 0 Å². The standard InChI is InChI=1S/C26H19Cl2N3O7S/c1-37-18-9-13-23(24(15-18)31(33)34)29-26(32)20-14-16(27)6-12-22(20)30-39(35,36)19-10-7-17(8-11-19)38-25-5-3-2-4-21(25)28/h2-15,30H,1H3,(H,29,32). The molecule has 0 aliphatic carbocycles. The highest BCUT2D eigenvalue weighted by Crippen LogP contribution is 2.32. The Morgan fingerprint density at radius 3 is 2.23 bits per heavy atom. The summed E-state index contributed by atoms with van der Waals surface area (Å²) in [6.07, 6.45) is 0. The van der Waals surface area contributed by atoms with E-state index in [4.69, 9.17) is 32.7 Å². The molecule has 10 nitrogen and oxygen atoms in total. The van der Waals surface area contributed by atoms with Gasteiger partial charge in [-0.15, -0.1) is 0 Å². The normalized spacial score (nSPS) is 10.9. The molecule has 0 unspecified atom stereocenters. The number of nitro benzene ring substituents is 1. The number of carbonyl (C=O) groups is 1. The number of sulfonamides is 1. The van der Waals surface area contributed by atoms with Gasteiger partial charge < -0.3 is 14.8 Å². The van der Waals surface area contributed by atoms with Crippen LogP contribution in [0.1, 0.15) is 10.4 Å². The van der Waals surface area contributed by atoms with Crippen molar-refractivity contribution in [2.75, 3.05) is 17.1 Å². The first-order chi connectivity index (χ1) is 18.6. The number of carbonyl (C=O) groups excluding carboxylic acids is 1. The molecular formula is C26H19Cl2N3O7S. The summed E-state index contributed by atoms with van der Waals surface area (Å²) in [6.45, 7) is 0. The molecule has 0 radical (unpaired) electrons. The average molecular weight is 588 g/mol. The van der Waals surface area contributed by atoms with Crippen molar-refractivity contribution in [2.24, 2.45) is 0 Å². The van der Waals surface area contributed by atoms with E-state index >= 15 is 0 Å². The van der Waals surface area contributed by atoms with Gasteiger partial charge in [-0.3, -0.25) is 19.6 Å². The van der Waals surface area contributed by atoms with Crippen molar-refractivity contribution in [3.8, 4) is 17.2 Å². The highest BCUT2D eigenvalue weighted by Gasteiger charge is 2.23. The quantitative estimate of drug-likeness (QED) is 0.163. The van der Waals surface area contributed by atoms with Gasteiger partial charge >= 0.3 is 0 Å². The second kappa shape index (κ2) is 11.6. The minimum atomic E-state index is -4.16. The van der Waals surface area contributed by atoms with Gasteiger partial charge in [-0.1, -0.05) is 35.3 Å². The zero-order valence-corrected chi connectivity index (χ0v) is 22.4. The van der Waals surface area contributed by atoms with Crippen molar-refractivity contribution in [3.63, 3.8) is 0 Å². The Kier molecular flexibility index (Phi) is 8.24. The Morgan fingerprint density at radius 1 is 0.897 bits per heavy atom. The topological polar surface area (TPSA) is 137 Å². The maximum atomic E-state index is 13.1. The van der Waals surface area contributed by atoms with Gasteiger partial charge in [-0.2, -0.15) is 0 Å². The molecule has 0 aliphatic heterocycles. The van der Waals surface area contributed by atoms with Crippen LogP contribution < -0.4 is 19.5 Å². The van der Waals surface area contributed by atoms with Crippen molar-refractivity contribution < 1.29 is 27.6 Å². The van der Waals surface area contributed by atoms with Gasteiger partial charge in [0.2, 0.25) is 0 Å². The van der Waals surface area contributed by atoms with Crippen molar-refractivity contribution in [1.29, 1.82) is 0 Å². The summed E-state index contributed by atoms with van der Waals surface area (Å²) in [5, 5.41) is 14.5. The lowest BCUT2D eigenvalue weighted by Crippen LogP contribution is -2.19.